The monoisotopic (exact) mass is 484 g/mol. The lowest BCUT2D eigenvalue weighted by Gasteiger charge is -2.53. The molecule has 0 saturated heterocycles. The molecule has 0 spiro atoms. The average Bonchev–Trinajstić information content (AvgIpc) is 3.21. The van der Waals surface area contributed by atoms with Gasteiger partial charge in [-0.05, 0) is 29.8 Å². The molecule has 0 aliphatic heterocycles. The number of aliphatic hydroxyl groups excluding tert-OH is 4. The van der Waals surface area contributed by atoms with Crippen molar-refractivity contribution < 1.29 is 49.3 Å². The van der Waals surface area contributed by atoms with Crippen LogP contribution < -0.4 is 20.5 Å². The molecule has 2 amide bonds. The number of esters is 1. The highest BCUT2D eigenvalue weighted by Gasteiger charge is 2.65. The van der Waals surface area contributed by atoms with E-state index in [4.69, 9.17) is 19.9 Å². The van der Waals surface area contributed by atoms with Crippen LogP contribution in [-0.4, -0.2) is 82.5 Å². The smallest absolute Gasteiger partial charge is 0.350 e. The van der Waals surface area contributed by atoms with Crippen LogP contribution in [0, 0.1) is 5.92 Å². The zero-order chi connectivity index (χ0) is 24.5. The van der Waals surface area contributed by atoms with E-state index in [9.17, 15) is 35.1 Å². The second kappa shape index (κ2) is 9.51. The van der Waals surface area contributed by atoms with Crippen LogP contribution in [0.25, 0.3) is 10.4 Å². The Labute approximate surface area is 191 Å². The fourth-order valence-corrected chi connectivity index (χ4v) is 4.62. The second-order valence-electron chi connectivity index (χ2n) is 7.28. The summed E-state index contributed by atoms with van der Waals surface area (Å²) in [6.07, 6.45) is -5.14. The molecule has 13 heteroatoms. The minimum absolute atomic E-state index is 0.00677. The number of carbonyl (C=O) groups excluding carboxylic acids is 2. The number of rotatable bonds is 8. The Hall–Kier alpha value is -2.94. The lowest BCUT2D eigenvalue weighted by atomic mass is 9.64. The first kappa shape index (κ1) is 24.7. The minimum Gasteiger partial charge on any atom is -0.493 e. The normalized spacial score (nSPS) is 25.0. The van der Waals surface area contributed by atoms with Crippen LogP contribution >= 0.6 is 11.3 Å². The molecule has 5 atom stereocenters. The van der Waals surface area contributed by atoms with E-state index in [0.29, 0.717) is 10.4 Å². The predicted molar refractivity (Wildman–Crippen MR) is 115 cm³/mol. The van der Waals surface area contributed by atoms with Crippen molar-refractivity contribution in [2.24, 2.45) is 11.7 Å². The van der Waals surface area contributed by atoms with E-state index in [2.05, 4.69) is 5.32 Å². The molecule has 2 aromatic rings. The Morgan fingerprint density at radius 3 is 2.52 bits per heavy atom. The molecule has 8 N–H and O–H groups in total. The number of ether oxygens (including phenoxy) is 3. The van der Waals surface area contributed by atoms with Crippen molar-refractivity contribution in [2.75, 3.05) is 26.1 Å². The number of carbonyl (C=O) groups is 2. The first-order valence-corrected chi connectivity index (χ1v) is 10.4. The van der Waals surface area contributed by atoms with Crippen molar-refractivity contribution >= 4 is 29.0 Å². The third kappa shape index (κ3) is 4.34. The van der Waals surface area contributed by atoms with Crippen LogP contribution in [-0.2, 0) is 4.74 Å². The molecule has 33 heavy (non-hydrogen) atoms. The summed E-state index contributed by atoms with van der Waals surface area (Å²) in [5.41, 5.74) is 3.58. The molecule has 0 radical (unpaired) electrons. The average molecular weight is 484 g/mol. The Bertz CT molecular complexity index is 1040. The number of anilines is 1. The summed E-state index contributed by atoms with van der Waals surface area (Å²) in [4.78, 5) is 24.0. The van der Waals surface area contributed by atoms with Crippen LogP contribution in [0.1, 0.15) is 9.67 Å². The number of nitrogens with one attached hydrogen (secondary N) is 1. The zero-order valence-electron chi connectivity index (χ0n) is 17.6. The van der Waals surface area contributed by atoms with Crippen LogP contribution in [0.15, 0.2) is 24.3 Å². The zero-order valence-corrected chi connectivity index (χ0v) is 18.4. The van der Waals surface area contributed by atoms with Crippen molar-refractivity contribution in [2.45, 2.75) is 24.1 Å². The number of thiophene rings is 1. The Kier molecular flexibility index (Phi) is 7.11. The van der Waals surface area contributed by atoms with Gasteiger partial charge in [-0.25, -0.2) is 9.59 Å². The fraction of sp³-hybridized carbons (Fsp3) is 0.400. The van der Waals surface area contributed by atoms with Crippen molar-refractivity contribution in [3.8, 4) is 21.9 Å². The van der Waals surface area contributed by atoms with Crippen LogP contribution in [0.4, 0.5) is 10.5 Å². The van der Waals surface area contributed by atoms with Gasteiger partial charge in [0.1, 0.15) is 11.0 Å². The topological polar surface area (TPSA) is 201 Å². The van der Waals surface area contributed by atoms with Gasteiger partial charge in [0.15, 0.2) is 17.1 Å². The summed E-state index contributed by atoms with van der Waals surface area (Å²) >= 11 is 1.03. The summed E-state index contributed by atoms with van der Waals surface area (Å²) in [5.74, 6) is -1.76. The summed E-state index contributed by atoms with van der Waals surface area (Å²) in [7, 11) is 2.53. The highest BCUT2D eigenvalue weighted by molar-refractivity contribution is 7.18. The summed E-state index contributed by atoms with van der Waals surface area (Å²) in [6, 6.07) is 5.15. The quantitative estimate of drug-likeness (QED) is 0.189. The van der Waals surface area contributed by atoms with Gasteiger partial charge < -0.3 is 50.8 Å². The van der Waals surface area contributed by atoms with E-state index in [1.165, 1.54) is 32.4 Å². The molecule has 180 valence electrons. The van der Waals surface area contributed by atoms with Gasteiger partial charge >= 0.3 is 12.0 Å². The van der Waals surface area contributed by atoms with E-state index < -0.39 is 48.6 Å². The molecule has 5 unspecified atom stereocenters. The van der Waals surface area contributed by atoms with Gasteiger partial charge in [0.2, 0.25) is 6.29 Å². The molecular weight excluding hydrogens is 460 g/mol. The highest BCUT2D eigenvalue weighted by atomic mass is 32.1. The van der Waals surface area contributed by atoms with Crippen molar-refractivity contribution in [3.05, 3.63) is 29.1 Å². The van der Waals surface area contributed by atoms with Crippen molar-refractivity contribution in [1.82, 2.24) is 0 Å². The lowest BCUT2D eigenvalue weighted by Crippen LogP contribution is -2.76. The number of methoxy groups -OCH3 is 2. The molecule has 1 saturated carbocycles. The third-order valence-corrected chi connectivity index (χ3v) is 6.61. The Morgan fingerprint density at radius 2 is 1.94 bits per heavy atom. The first-order valence-electron chi connectivity index (χ1n) is 9.59. The number of amides is 2. The van der Waals surface area contributed by atoms with Crippen LogP contribution in [0.2, 0.25) is 0 Å². The van der Waals surface area contributed by atoms with E-state index in [1.807, 2.05) is 0 Å². The largest absolute Gasteiger partial charge is 0.493 e. The van der Waals surface area contributed by atoms with Gasteiger partial charge in [-0.2, -0.15) is 0 Å². The minimum atomic E-state index is -2.30. The number of primary amides is 1. The van der Waals surface area contributed by atoms with Crippen LogP contribution in [0.5, 0.6) is 11.5 Å². The van der Waals surface area contributed by atoms with Gasteiger partial charge in [0.25, 0.3) is 0 Å². The van der Waals surface area contributed by atoms with Gasteiger partial charge in [0.05, 0.1) is 32.6 Å². The Balaban J connectivity index is 1.90. The summed E-state index contributed by atoms with van der Waals surface area (Å²) in [6.45, 7) is -0.687. The molecule has 0 bridgehead atoms. The molecule has 1 aromatic heterocycles. The lowest BCUT2D eigenvalue weighted by molar-refractivity contribution is -0.332. The SMILES string of the molecule is COC(=O)c1sc(-c2ccc(OC(O)C3(O)C(O)C(O)C3CO)c(OC)c2)cc1NC(N)=O. The number of hydrogen-bond acceptors (Lipinski definition) is 11. The predicted octanol–water partition coefficient (Wildman–Crippen LogP) is -0.527. The van der Waals surface area contributed by atoms with Crippen molar-refractivity contribution in [3.63, 3.8) is 0 Å². The maximum Gasteiger partial charge on any atom is 0.350 e. The Morgan fingerprint density at radius 1 is 1.24 bits per heavy atom. The number of nitrogens with two attached hydrogens (primary N) is 1. The second-order valence-corrected chi connectivity index (χ2v) is 8.33. The van der Waals surface area contributed by atoms with Gasteiger partial charge in [-0.1, -0.05) is 0 Å². The maximum absolute atomic E-state index is 12.0. The maximum atomic E-state index is 12.0. The number of benzene rings is 1. The van der Waals surface area contributed by atoms with E-state index in [0.717, 1.165) is 11.3 Å². The van der Waals surface area contributed by atoms with Gasteiger partial charge in [-0.3, -0.25) is 0 Å². The molecule has 1 aliphatic rings. The molecular formula is C20H24N2O10S. The van der Waals surface area contributed by atoms with Gasteiger partial charge in [-0.15, -0.1) is 11.3 Å². The standard InChI is InChI=1S/C20H24N2O10S/c1-30-12-5-8(13-6-10(22-19(21)28)15(33-13)17(26)31-2)3-4-11(12)32-18(27)20(29)9(7-23)14(24)16(20)25/h3-6,9,14,16,18,23-25,27,29H,7H2,1-2H3,(H3,21,22,28). The third-order valence-electron chi connectivity index (χ3n) is 5.44. The molecule has 1 fully saturated rings. The summed E-state index contributed by atoms with van der Waals surface area (Å²) < 4.78 is 15.4. The number of hydrogen-bond donors (Lipinski definition) is 7. The van der Waals surface area contributed by atoms with E-state index >= 15 is 0 Å². The molecule has 1 heterocycles. The molecule has 3 rings (SSSR count). The van der Waals surface area contributed by atoms with Crippen molar-refractivity contribution in [1.29, 1.82) is 0 Å². The number of aliphatic hydroxyl groups is 5. The summed E-state index contributed by atoms with van der Waals surface area (Å²) in [5, 5.41) is 52.2. The first-order chi connectivity index (χ1) is 15.6. The molecule has 1 aromatic carbocycles. The molecule has 12 nitrogen and oxygen atoms in total. The van der Waals surface area contributed by atoms with Crippen LogP contribution in [0.3, 0.4) is 0 Å². The highest BCUT2D eigenvalue weighted by Crippen LogP contribution is 2.44. The number of urea groups is 1. The molecule has 1 aliphatic carbocycles. The van der Waals surface area contributed by atoms with E-state index in [1.54, 1.807) is 6.07 Å². The van der Waals surface area contributed by atoms with E-state index in [-0.39, 0.29) is 22.1 Å². The van der Waals surface area contributed by atoms with Gasteiger partial charge in [0, 0.05) is 10.8 Å². The fourth-order valence-electron chi connectivity index (χ4n) is 3.59.